The molecule has 0 aliphatic heterocycles. The van der Waals surface area contributed by atoms with Crippen LogP contribution in [0.25, 0.3) is 11.0 Å². The highest BCUT2D eigenvalue weighted by Crippen LogP contribution is 2.13. The standard InChI is InChI=1S/C11H11N5O2/c1-6(17)13-4-3-7-5-16(2)9-8(7)10(18)15-11(12)14-9/h5H,1-2H3,(H,13,17)(H3,12,14,15,18). The quantitative estimate of drug-likeness (QED) is 0.421. The summed E-state index contributed by atoms with van der Waals surface area (Å²) in [6.45, 7) is 1.35. The molecule has 0 spiro atoms. The molecule has 0 aliphatic rings. The maximum atomic E-state index is 11.8. The molecule has 0 saturated heterocycles. The monoisotopic (exact) mass is 245 g/mol. The first kappa shape index (κ1) is 11.7. The zero-order chi connectivity index (χ0) is 13.3. The van der Waals surface area contributed by atoms with Crippen molar-refractivity contribution >= 4 is 22.9 Å². The van der Waals surface area contributed by atoms with Crippen LogP contribution in [-0.2, 0) is 11.8 Å². The van der Waals surface area contributed by atoms with Gasteiger partial charge in [0.05, 0.1) is 10.9 Å². The molecule has 18 heavy (non-hydrogen) atoms. The van der Waals surface area contributed by atoms with Gasteiger partial charge in [-0.3, -0.25) is 19.9 Å². The van der Waals surface area contributed by atoms with Gasteiger partial charge in [-0.15, -0.1) is 0 Å². The van der Waals surface area contributed by atoms with Crippen molar-refractivity contribution in [3.63, 3.8) is 0 Å². The highest BCUT2D eigenvalue weighted by atomic mass is 16.1. The van der Waals surface area contributed by atoms with E-state index < -0.39 is 0 Å². The third kappa shape index (κ3) is 2.04. The molecule has 7 heteroatoms. The molecule has 92 valence electrons. The van der Waals surface area contributed by atoms with Crippen LogP contribution in [0.5, 0.6) is 0 Å². The van der Waals surface area contributed by atoms with Crippen LogP contribution < -0.4 is 16.6 Å². The normalized spacial score (nSPS) is 9.89. The number of anilines is 1. The number of nitrogens with two attached hydrogens (primary N) is 1. The maximum Gasteiger partial charge on any atom is 0.263 e. The zero-order valence-corrected chi connectivity index (χ0v) is 9.87. The Morgan fingerprint density at radius 2 is 2.33 bits per heavy atom. The van der Waals surface area contributed by atoms with Crippen LogP contribution in [0.4, 0.5) is 5.95 Å². The van der Waals surface area contributed by atoms with E-state index in [4.69, 9.17) is 5.73 Å². The number of H-pyrrole nitrogens is 1. The van der Waals surface area contributed by atoms with E-state index in [1.807, 2.05) is 0 Å². The molecule has 2 rings (SSSR count). The second kappa shape index (κ2) is 4.25. The molecule has 0 aliphatic carbocycles. The first-order valence-electron chi connectivity index (χ1n) is 5.11. The number of amides is 1. The molecule has 7 nitrogen and oxygen atoms in total. The van der Waals surface area contributed by atoms with Gasteiger partial charge in [0.25, 0.3) is 5.56 Å². The van der Waals surface area contributed by atoms with Gasteiger partial charge in [-0.05, 0) is 5.92 Å². The van der Waals surface area contributed by atoms with Gasteiger partial charge in [0.2, 0.25) is 11.9 Å². The molecule has 2 aromatic heterocycles. The van der Waals surface area contributed by atoms with Crippen molar-refractivity contribution in [1.29, 1.82) is 0 Å². The summed E-state index contributed by atoms with van der Waals surface area (Å²) in [7, 11) is 1.73. The van der Waals surface area contributed by atoms with Gasteiger partial charge in [0.15, 0.2) is 5.65 Å². The molecule has 0 atom stereocenters. The van der Waals surface area contributed by atoms with Gasteiger partial charge < -0.3 is 10.3 Å². The van der Waals surface area contributed by atoms with Crippen molar-refractivity contribution < 1.29 is 4.79 Å². The number of aromatic nitrogens is 3. The summed E-state index contributed by atoms with van der Waals surface area (Å²) in [5, 5.41) is 2.68. The Bertz CT molecular complexity index is 744. The predicted octanol–water partition coefficient (Wildman–Crippen LogP) is -0.711. The molecular weight excluding hydrogens is 234 g/mol. The molecule has 0 saturated carbocycles. The lowest BCUT2D eigenvalue weighted by Crippen LogP contribution is -2.13. The minimum absolute atomic E-state index is 0.0510. The van der Waals surface area contributed by atoms with Crippen LogP contribution in [0.3, 0.4) is 0 Å². The number of nitrogen functional groups attached to an aromatic ring is 1. The molecule has 0 aromatic carbocycles. The van der Waals surface area contributed by atoms with Gasteiger partial charge >= 0.3 is 0 Å². The first-order valence-corrected chi connectivity index (χ1v) is 5.11. The topological polar surface area (TPSA) is 106 Å². The number of hydrogen-bond donors (Lipinski definition) is 3. The highest BCUT2D eigenvalue weighted by molar-refractivity contribution is 5.83. The summed E-state index contributed by atoms with van der Waals surface area (Å²) < 4.78 is 1.65. The Kier molecular flexibility index (Phi) is 2.77. The van der Waals surface area contributed by atoms with Crippen molar-refractivity contribution in [1.82, 2.24) is 19.9 Å². The number of aryl methyl sites for hydroxylation is 1. The van der Waals surface area contributed by atoms with Gasteiger partial charge in [-0.25, -0.2) is 0 Å². The second-order valence-electron chi connectivity index (χ2n) is 3.73. The van der Waals surface area contributed by atoms with Crippen molar-refractivity contribution in [3.8, 4) is 12.0 Å². The van der Waals surface area contributed by atoms with E-state index in [1.165, 1.54) is 6.92 Å². The van der Waals surface area contributed by atoms with E-state index in [0.717, 1.165) is 0 Å². The van der Waals surface area contributed by atoms with Gasteiger partial charge in [0, 0.05) is 26.2 Å². The molecule has 2 heterocycles. The van der Waals surface area contributed by atoms with Gasteiger partial charge in [-0.2, -0.15) is 4.98 Å². The van der Waals surface area contributed by atoms with Crippen LogP contribution in [0, 0.1) is 12.0 Å². The summed E-state index contributed by atoms with van der Waals surface area (Å²) in [4.78, 5) is 28.9. The molecule has 0 bridgehead atoms. The summed E-state index contributed by atoms with van der Waals surface area (Å²) in [6, 6.07) is 2.47. The van der Waals surface area contributed by atoms with E-state index in [9.17, 15) is 9.59 Å². The van der Waals surface area contributed by atoms with E-state index >= 15 is 0 Å². The number of fused-ring (bicyclic) bond motifs is 1. The van der Waals surface area contributed by atoms with Crippen LogP contribution in [-0.4, -0.2) is 20.4 Å². The largest absolute Gasteiger partial charge is 0.369 e. The van der Waals surface area contributed by atoms with E-state index in [-0.39, 0.29) is 17.4 Å². The third-order valence-electron chi connectivity index (χ3n) is 2.28. The fourth-order valence-electron chi connectivity index (χ4n) is 1.58. The third-order valence-corrected chi connectivity index (χ3v) is 2.28. The summed E-state index contributed by atoms with van der Waals surface area (Å²) in [5.74, 6) is 2.48. The molecule has 2 aromatic rings. The Labute approximate surface area is 102 Å². The molecule has 0 radical (unpaired) electrons. The van der Waals surface area contributed by atoms with Gasteiger partial charge in [-0.1, -0.05) is 0 Å². The summed E-state index contributed by atoms with van der Waals surface area (Å²) in [6.07, 6.45) is 1.65. The van der Waals surface area contributed by atoms with E-state index in [0.29, 0.717) is 16.6 Å². The SMILES string of the molecule is CC(=O)NC#Cc1cn(C)c2nc(N)[nH]c(=O)c12. The van der Waals surface area contributed by atoms with Crippen molar-refractivity contribution in [2.24, 2.45) is 7.05 Å². The number of nitrogens with one attached hydrogen (secondary N) is 2. The Hall–Kier alpha value is -2.75. The smallest absolute Gasteiger partial charge is 0.263 e. The minimum atomic E-state index is -0.356. The number of hydrogen-bond acceptors (Lipinski definition) is 4. The van der Waals surface area contributed by atoms with Crippen LogP contribution >= 0.6 is 0 Å². The van der Waals surface area contributed by atoms with Crippen LogP contribution in [0.15, 0.2) is 11.0 Å². The summed E-state index contributed by atoms with van der Waals surface area (Å²) >= 11 is 0. The van der Waals surface area contributed by atoms with E-state index in [1.54, 1.807) is 17.8 Å². The molecular formula is C11H11N5O2. The number of aromatic amines is 1. The maximum absolute atomic E-state index is 11.8. The average Bonchev–Trinajstić information content (AvgIpc) is 2.55. The lowest BCUT2D eigenvalue weighted by Gasteiger charge is -1.95. The molecule has 0 fully saturated rings. The Balaban J connectivity index is 2.62. The molecule has 4 N–H and O–H groups in total. The van der Waals surface area contributed by atoms with Crippen LogP contribution in [0.1, 0.15) is 12.5 Å². The van der Waals surface area contributed by atoms with E-state index in [2.05, 4.69) is 27.2 Å². The number of carbonyl (C=O) groups excluding carboxylic acids is 1. The van der Waals surface area contributed by atoms with Crippen molar-refractivity contribution in [2.75, 3.05) is 5.73 Å². The fourth-order valence-corrected chi connectivity index (χ4v) is 1.58. The predicted molar refractivity (Wildman–Crippen MR) is 66.4 cm³/mol. The average molecular weight is 245 g/mol. The zero-order valence-electron chi connectivity index (χ0n) is 9.87. The number of rotatable bonds is 0. The van der Waals surface area contributed by atoms with Crippen molar-refractivity contribution in [2.45, 2.75) is 6.92 Å². The lowest BCUT2D eigenvalue weighted by molar-refractivity contribution is -0.117. The minimum Gasteiger partial charge on any atom is -0.369 e. The van der Waals surface area contributed by atoms with Gasteiger partial charge in [0.1, 0.15) is 0 Å². The first-order chi connectivity index (χ1) is 8.49. The Morgan fingerprint density at radius 3 is 3.00 bits per heavy atom. The molecule has 1 amide bonds. The highest BCUT2D eigenvalue weighted by Gasteiger charge is 2.10. The number of carbonyl (C=O) groups is 1. The lowest BCUT2D eigenvalue weighted by atomic mass is 10.2. The second-order valence-corrected chi connectivity index (χ2v) is 3.73. The van der Waals surface area contributed by atoms with Crippen molar-refractivity contribution in [3.05, 3.63) is 22.1 Å². The molecule has 0 unspecified atom stereocenters. The van der Waals surface area contributed by atoms with Crippen LogP contribution in [0.2, 0.25) is 0 Å². The number of nitrogens with zero attached hydrogens (tertiary/aromatic N) is 2. The summed E-state index contributed by atoms with van der Waals surface area (Å²) in [5.41, 5.74) is 6.04. The Morgan fingerprint density at radius 1 is 1.61 bits per heavy atom. The fraction of sp³-hybridized carbons (Fsp3) is 0.182.